The van der Waals surface area contributed by atoms with Crippen LogP contribution >= 0.6 is 0 Å². The minimum Gasteiger partial charge on any atom is -0.386 e. The molecule has 0 unspecified atom stereocenters. The maximum Gasteiger partial charge on any atom is 0.0534 e. The van der Waals surface area contributed by atoms with Gasteiger partial charge in [0.05, 0.1) is 6.54 Å². The van der Waals surface area contributed by atoms with Crippen molar-refractivity contribution in [3.8, 4) is 0 Å². The Bertz CT molecular complexity index is 87.7. The van der Waals surface area contributed by atoms with Crippen molar-refractivity contribution in [2.75, 3.05) is 13.1 Å². The summed E-state index contributed by atoms with van der Waals surface area (Å²) in [6, 6.07) is 0. The second-order valence-electron chi connectivity index (χ2n) is 1.39. The Labute approximate surface area is 49.1 Å². The van der Waals surface area contributed by atoms with Gasteiger partial charge in [0, 0.05) is 12.3 Å². The highest BCUT2D eigenvalue weighted by atomic mass is 14.8. The highest BCUT2D eigenvalue weighted by Gasteiger charge is 1.86. The molecular formula is C5H11N3. The van der Waals surface area contributed by atoms with E-state index in [1.54, 1.807) is 6.20 Å². The minimum atomic E-state index is 0.320. The van der Waals surface area contributed by atoms with E-state index in [4.69, 9.17) is 11.1 Å². The van der Waals surface area contributed by atoms with Gasteiger partial charge >= 0.3 is 0 Å². The molecule has 0 aromatic rings. The van der Waals surface area contributed by atoms with Gasteiger partial charge in [-0.3, -0.25) is 0 Å². The summed E-state index contributed by atoms with van der Waals surface area (Å²) in [5.74, 6) is 0. The smallest absolute Gasteiger partial charge is 0.0534 e. The van der Waals surface area contributed by atoms with Gasteiger partial charge in [-0.2, -0.15) is 0 Å². The molecule has 0 aromatic heterocycles. The van der Waals surface area contributed by atoms with Gasteiger partial charge in [0.25, 0.3) is 0 Å². The molecule has 0 aliphatic carbocycles. The summed E-state index contributed by atoms with van der Waals surface area (Å²) in [5, 5.41) is 9.76. The maximum absolute atomic E-state index is 7.01. The van der Waals surface area contributed by atoms with E-state index in [9.17, 15) is 0 Å². The van der Waals surface area contributed by atoms with E-state index in [1.807, 2.05) is 0 Å². The Hall–Kier alpha value is -0.830. The van der Waals surface area contributed by atoms with Gasteiger partial charge in [-0.15, -0.1) is 0 Å². The first-order chi connectivity index (χ1) is 3.81. The molecule has 0 saturated heterocycles. The Morgan fingerprint density at radius 3 is 2.88 bits per heavy atom. The van der Waals surface area contributed by atoms with E-state index in [0.717, 1.165) is 0 Å². The fourth-order valence-electron chi connectivity index (χ4n) is 0.268. The average Bonchev–Trinajstić information content (AvgIpc) is 1.83. The third-order valence-corrected chi connectivity index (χ3v) is 0.706. The first kappa shape index (κ1) is 7.17. The van der Waals surface area contributed by atoms with E-state index in [0.29, 0.717) is 18.8 Å². The topological polar surface area (TPSA) is 61.9 Å². The molecule has 0 fully saturated rings. The van der Waals surface area contributed by atoms with Crippen LogP contribution in [-0.4, -0.2) is 18.8 Å². The molecule has 3 nitrogen and oxygen atoms in total. The second-order valence-corrected chi connectivity index (χ2v) is 1.39. The number of rotatable bonds is 4. The van der Waals surface area contributed by atoms with Gasteiger partial charge in [-0.05, 0) is 6.20 Å². The summed E-state index contributed by atoms with van der Waals surface area (Å²) in [4.78, 5) is 0. The summed E-state index contributed by atoms with van der Waals surface area (Å²) >= 11 is 0. The molecule has 0 aliphatic rings. The van der Waals surface area contributed by atoms with Crippen LogP contribution in [-0.2, 0) is 0 Å². The molecule has 0 rings (SSSR count). The quantitative estimate of drug-likeness (QED) is 0.438. The van der Waals surface area contributed by atoms with Crippen LogP contribution < -0.4 is 11.1 Å². The molecule has 0 spiro atoms. The molecule has 8 heavy (non-hydrogen) atoms. The predicted octanol–water partition coefficient (Wildman–Crippen LogP) is -0.302. The van der Waals surface area contributed by atoms with Gasteiger partial charge in [0.2, 0.25) is 0 Å². The second kappa shape index (κ2) is 4.33. The maximum atomic E-state index is 7.01. The van der Waals surface area contributed by atoms with Gasteiger partial charge in [-0.1, -0.05) is 6.58 Å². The van der Waals surface area contributed by atoms with Crippen LogP contribution in [0.25, 0.3) is 0 Å². The summed E-state index contributed by atoms with van der Waals surface area (Å²) < 4.78 is 0. The van der Waals surface area contributed by atoms with Crippen LogP contribution in [0.2, 0.25) is 0 Å². The van der Waals surface area contributed by atoms with Crippen LogP contribution in [0.4, 0.5) is 0 Å². The molecule has 0 amide bonds. The van der Waals surface area contributed by atoms with Crippen molar-refractivity contribution >= 4 is 5.71 Å². The van der Waals surface area contributed by atoms with Gasteiger partial charge in [0.15, 0.2) is 0 Å². The van der Waals surface area contributed by atoms with Crippen LogP contribution in [0.3, 0.4) is 0 Å². The monoisotopic (exact) mass is 113 g/mol. The Morgan fingerprint density at radius 2 is 2.50 bits per heavy atom. The molecule has 0 aliphatic heterocycles. The lowest BCUT2D eigenvalue weighted by atomic mass is 10.4. The third-order valence-electron chi connectivity index (χ3n) is 0.706. The van der Waals surface area contributed by atoms with Crippen LogP contribution in [0.1, 0.15) is 0 Å². The van der Waals surface area contributed by atoms with E-state index < -0.39 is 0 Å². The lowest BCUT2D eigenvalue weighted by Gasteiger charge is -1.97. The van der Waals surface area contributed by atoms with Crippen molar-refractivity contribution in [3.63, 3.8) is 0 Å². The molecule has 0 radical (unpaired) electrons. The fourth-order valence-corrected chi connectivity index (χ4v) is 0.268. The highest BCUT2D eigenvalue weighted by Crippen LogP contribution is 1.63. The van der Waals surface area contributed by atoms with Gasteiger partial charge in [0.1, 0.15) is 0 Å². The lowest BCUT2D eigenvalue weighted by Crippen LogP contribution is -2.23. The fraction of sp³-hybridized carbons (Fsp3) is 0.400. The zero-order valence-corrected chi connectivity index (χ0v) is 4.78. The molecular weight excluding hydrogens is 102 g/mol. The minimum absolute atomic E-state index is 0.320. The van der Waals surface area contributed by atoms with Crippen LogP contribution in [0.5, 0.6) is 0 Å². The summed E-state index contributed by atoms with van der Waals surface area (Å²) in [6.45, 7) is 4.25. The van der Waals surface area contributed by atoms with Crippen LogP contribution in [0, 0.1) is 5.41 Å². The van der Waals surface area contributed by atoms with Crippen molar-refractivity contribution in [2.24, 2.45) is 5.73 Å². The Morgan fingerprint density at radius 1 is 1.88 bits per heavy atom. The van der Waals surface area contributed by atoms with Gasteiger partial charge in [-0.25, -0.2) is 0 Å². The predicted molar refractivity (Wildman–Crippen MR) is 35.0 cm³/mol. The van der Waals surface area contributed by atoms with E-state index in [1.165, 1.54) is 0 Å². The number of hydrogen-bond acceptors (Lipinski definition) is 3. The normalized spacial score (nSPS) is 8.12. The first-order valence-corrected chi connectivity index (χ1v) is 2.42. The average molecular weight is 113 g/mol. The van der Waals surface area contributed by atoms with E-state index in [-0.39, 0.29) is 0 Å². The van der Waals surface area contributed by atoms with Crippen molar-refractivity contribution in [3.05, 3.63) is 12.8 Å². The number of hydrogen-bond donors (Lipinski definition) is 3. The van der Waals surface area contributed by atoms with Crippen molar-refractivity contribution < 1.29 is 0 Å². The molecule has 0 atom stereocenters. The molecule has 46 valence electrons. The summed E-state index contributed by atoms with van der Waals surface area (Å²) in [6.07, 6.45) is 1.55. The number of nitrogens with one attached hydrogen (secondary N) is 2. The Balaban J connectivity index is 3.11. The highest BCUT2D eigenvalue weighted by molar-refractivity contribution is 5.85. The summed E-state index contributed by atoms with van der Waals surface area (Å²) in [5.41, 5.74) is 5.60. The molecule has 0 heterocycles. The molecule has 0 saturated carbocycles. The van der Waals surface area contributed by atoms with Gasteiger partial charge < -0.3 is 16.5 Å². The van der Waals surface area contributed by atoms with Crippen molar-refractivity contribution in [1.29, 1.82) is 5.41 Å². The van der Waals surface area contributed by atoms with Crippen LogP contribution in [0.15, 0.2) is 12.8 Å². The molecule has 0 bridgehead atoms. The van der Waals surface area contributed by atoms with E-state index >= 15 is 0 Å². The number of nitrogens with two attached hydrogens (primary N) is 1. The SMILES string of the molecule is C=CNCC(=N)CN. The van der Waals surface area contributed by atoms with Crippen molar-refractivity contribution in [1.82, 2.24) is 5.32 Å². The molecule has 4 N–H and O–H groups in total. The van der Waals surface area contributed by atoms with Crippen molar-refractivity contribution in [2.45, 2.75) is 0 Å². The zero-order chi connectivity index (χ0) is 6.41. The molecule has 0 aromatic carbocycles. The Kier molecular flexibility index (Phi) is 3.88. The summed E-state index contributed by atoms with van der Waals surface area (Å²) in [7, 11) is 0. The zero-order valence-electron chi connectivity index (χ0n) is 4.78. The third kappa shape index (κ3) is 3.36. The van der Waals surface area contributed by atoms with E-state index in [2.05, 4.69) is 11.9 Å². The molecule has 3 heteroatoms. The standard InChI is InChI=1S/C5H11N3/c1-2-8-4-5(7)3-6/h2,7-8H,1,3-4,6H2. The lowest BCUT2D eigenvalue weighted by molar-refractivity contribution is 0.993. The largest absolute Gasteiger partial charge is 0.386 e. The first-order valence-electron chi connectivity index (χ1n) is 2.42.